The quantitative estimate of drug-likeness (QED) is 0.484. The molecule has 0 bridgehead atoms. The number of amides is 1. The summed E-state index contributed by atoms with van der Waals surface area (Å²) in [4.78, 5) is 11.0. The summed E-state index contributed by atoms with van der Waals surface area (Å²) in [6.07, 6.45) is 0. The van der Waals surface area contributed by atoms with Crippen LogP contribution in [0.1, 0.15) is 6.92 Å². The molecule has 0 atom stereocenters. The summed E-state index contributed by atoms with van der Waals surface area (Å²) in [6, 6.07) is 7.50. The van der Waals surface area contributed by atoms with E-state index in [2.05, 4.69) is 10.9 Å². The Bertz CT molecular complexity index is 498. The van der Waals surface area contributed by atoms with Crippen molar-refractivity contribution in [3.8, 4) is 0 Å². The molecular weight excluding hydrogens is 253 g/mol. The molecule has 0 fully saturated rings. The van der Waals surface area contributed by atoms with Crippen molar-refractivity contribution in [1.29, 1.82) is 0 Å². The Morgan fingerprint density at radius 2 is 1.82 bits per heavy atom. The first-order valence-electron chi connectivity index (χ1n) is 4.38. The maximum absolute atomic E-state index is 11.5. The van der Waals surface area contributed by atoms with Crippen LogP contribution in [0.15, 0.2) is 47.4 Å². The second kappa shape index (κ2) is 6.93. The van der Waals surface area contributed by atoms with Crippen LogP contribution in [0.25, 0.3) is 0 Å². The van der Waals surface area contributed by atoms with Gasteiger partial charge >= 0.3 is 39.7 Å². The van der Waals surface area contributed by atoms with Crippen LogP contribution in [0.2, 0.25) is 0 Å². The molecule has 0 saturated carbocycles. The van der Waals surface area contributed by atoms with E-state index in [1.807, 2.05) is 0 Å². The maximum atomic E-state index is 11.5. The summed E-state index contributed by atoms with van der Waals surface area (Å²) >= 11 is 0. The third-order valence-electron chi connectivity index (χ3n) is 1.66. The second-order valence-electron chi connectivity index (χ2n) is 3.06. The van der Waals surface area contributed by atoms with Crippen LogP contribution in [0, 0.1) is 0 Å². The molecule has 1 N–H and O–H groups in total. The van der Waals surface area contributed by atoms with E-state index in [-0.39, 0.29) is 40.0 Å². The van der Waals surface area contributed by atoms with Crippen molar-refractivity contribution in [2.75, 3.05) is 0 Å². The van der Waals surface area contributed by atoms with Gasteiger partial charge in [-0.05, 0) is 19.1 Å². The molecule has 88 valence electrons. The number of rotatable bonds is 4. The number of hydroxylamine groups is 1. The van der Waals surface area contributed by atoms with Crippen LogP contribution in [-0.4, -0.2) is 43.9 Å². The topological polar surface area (TPSA) is 72.5 Å². The van der Waals surface area contributed by atoms with E-state index in [1.165, 1.54) is 19.1 Å². The molecule has 0 aliphatic carbocycles. The Balaban J connectivity index is 0.00000256. The van der Waals surface area contributed by atoms with Gasteiger partial charge in [0.15, 0.2) is 0 Å². The summed E-state index contributed by atoms with van der Waals surface area (Å²) in [5.41, 5.74) is 1.95. The van der Waals surface area contributed by atoms with Gasteiger partial charge in [-0.15, -0.1) is 4.28 Å². The first-order valence-corrected chi connectivity index (χ1v) is 5.78. The molecule has 0 aliphatic rings. The summed E-state index contributed by atoms with van der Waals surface area (Å²) in [5.74, 6) is -0.681. The van der Waals surface area contributed by atoms with Gasteiger partial charge in [0.1, 0.15) is 0 Å². The minimum atomic E-state index is -3.96. The predicted molar refractivity (Wildman–Crippen MR) is 64.8 cm³/mol. The molecule has 0 unspecified atom stereocenters. The number of nitrogens with one attached hydrogen (secondary N) is 1. The van der Waals surface area contributed by atoms with Crippen molar-refractivity contribution in [2.45, 2.75) is 11.8 Å². The average Bonchev–Trinajstić information content (AvgIpc) is 2.27. The van der Waals surface area contributed by atoms with Crippen LogP contribution >= 0.6 is 0 Å². The second-order valence-corrected chi connectivity index (χ2v) is 4.61. The van der Waals surface area contributed by atoms with Crippen LogP contribution in [0.3, 0.4) is 0 Å². The van der Waals surface area contributed by atoms with Crippen molar-refractivity contribution in [3.63, 3.8) is 0 Å². The van der Waals surface area contributed by atoms with Gasteiger partial charge in [-0.2, -0.15) is 8.42 Å². The predicted octanol–water partition coefficient (Wildman–Crippen LogP) is 0.351. The molecule has 1 aromatic carbocycles. The van der Waals surface area contributed by atoms with Crippen LogP contribution < -0.4 is 5.48 Å². The van der Waals surface area contributed by atoms with Crippen LogP contribution in [0.5, 0.6) is 0 Å². The number of hydrogen-bond acceptors (Lipinski definition) is 4. The zero-order chi connectivity index (χ0) is 12.2. The number of carbonyl (C=O) groups excluding carboxylic acids is 1. The number of carbonyl (C=O) groups is 1. The third kappa shape index (κ3) is 5.01. The summed E-state index contributed by atoms with van der Waals surface area (Å²) in [6.45, 7) is 4.78. The molecule has 0 aliphatic heterocycles. The Kier molecular flexibility index (Phi) is 6.66. The molecule has 0 aromatic heterocycles. The molecule has 1 amide bonds. The minimum absolute atomic E-state index is 0. The molecular formula is C10H12NNaO4S. The van der Waals surface area contributed by atoms with Gasteiger partial charge in [0, 0.05) is 5.57 Å². The molecule has 1 rings (SSSR count). The molecule has 0 heterocycles. The Hall–Kier alpha value is -0.660. The molecule has 0 spiro atoms. The zero-order valence-electron chi connectivity index (χ0n) is 8.64. The first-order chi connectivity index (χ1) is 7.43. The fourth-order valence-electron chi connectivity index (χ4n) is 0.815. The van der Waals surface area contributed by atoms with Gasteiger partial charge in [-0.1, -0.05) is 24.8 Å². The fraction of sp³-hybridized carbons (Fsp3) is 0.100. The molecule has 1 aromatic rings. The van der Waals surface area contributed by atoms with Gasteiger partial charge in [0.2, 0.25) is 0 Å². The van der Waals surface area contributed by atoms with Crippen molar-refractivity contribution in [2.24, 2.45) is 0 Å². The van der Waals surface area contributed by atoms with Crippen molar-refractivity contribution < 1.29 is 17.5 Å². The van der Waals surface area contributed by atoms with Crippen molar-refractivity contribution in [1.82, 2.24) is 5.48 Å². The van der Waals surface area contributed by atoms with Crippen LogP contribution in [0.4, 0.5) is 0 Å². The Morgan fingerprint density at radius 1 is 1.29 bits per heavy atom. The SMILES string of the molecule is C=C(C)C(=O)NOS(=O)(=O)c1ccccc1.[NaH]. The van der Waals surface area contributed by atoms with Gasteiger partial charge in [0.05, 0.1) is 4.90 Å². The van der Waals surface area contributed by atoms with Gasteiger partial charge in [0.25, 0.3) is 5.91 Å². The fourth-order valence-corrected chi connectivity index (χ4v) is 1.59. The van der Waals surface area contributed by atoms with Gasteiger partial charge in [-0.3, -0.25) is 4.79 Å². The number of hydrogen-bond donors (Lipinski definition) is 1. The Morgan fingerprint density at radius 3 is 2.29 bits per heavy atom. The van der Waals surface area contributed by atoms with E-state index in [0.717, 1.165) is 0 Å². The standard InChI is InChI=1S/C10H11NO4S.Na.H/c1-8(2)10(12)11-15-16(13,14)9-6-4-3-5-7-9;;/h3-7H,1H2,2H3,(H,11,12);;. The summed E-state index contributed by atoms with van der Waals surface area (Å²) < 4.78 is 27.3. The van der Waals surface area contributed by atoms with E-state index < -0.39 is 16.0 Å². The van der Waals surface area contributed by atoms with Crippen molar-refractivity contribution >= 4 is 45.6 Å². The van der Waals surface area contributed by atoms with E-state index in [1.54, 1.807) is 23.7 Å². The van der Waals surface area contributed by atoms with E-state index in [4.69, 9.17) is 0 Å². The van der Waals surface area contributed by atoms with E-state index in [0.29, 0.717) is 0 Å². The van der Waals surface area contributed by atoms with E-state index in [9.17, 15) is 13.2 Å². The van der Waals surface area contributed by atoms with Gasteiger partial charge in [-0.25, -0.2) is 5.48 Å². The van der Waals surface area contributed by atoms with Crippen LogP contribution in [-0.2, 0) is 19.2 Å². The van der Waals surface area contributed by atoms with Crippen molar-refractivity contribution in [3.05, 3.63) is 42.5 Å². The molecule has 0 saturated heterocycles. The number of benzene rings is 1. The monoisotopic (exact) mass is 265 g/mol. The summed E-state index contributed by atoms with van der Waals surface area (Å²) in [7, 11) is -3.96. The third-order valence-corrected chi connectivity index (χ3v) is 2.82. The molecule has 7 heteroatoms. The molecule has 17 heavy (non-hydrogen) atoms. The summed E-state index contributed by atoms with van der Waals surface area (Å²) in [5, 5.41) is 0. The zero-order valence-corrected chi connectivity index (χ0v) is 9.45. The van der Waals surface area contributed by atoms with E-state index >= 15 is 0 Å². The molecule has 5 nitrogen and oxygen atoms in total. The van der Waals surface area contributed by atoms with Gasteiger partial charge < -0.3 is 0 Å². The average molecular weight is 265 g/mol. The normalized spacial score (nSPS) is 10.2. The Labute approximate surface area is 122 Å². The molecule has 0 radical (unpaired) electrons. The first kappa shape index (κ1) is 16.3.